The van der Waals surface area contributed by atoms with Crippen molar-refractivity contribution in [3.8, 4) is 0 Å². The molecule has 0 aromatic rings. The zero-order chi connectivity index (χ0) is 9.14. The van der Waals surface area contributed by atoms with Crippen LogP contribution in [0.25, 0.3) is 0 Å². The van der Waals surface area contributed by atoms with E-state index in [0.29, 0.717) is 17.9 Å². The van der Waals surface area contributed by atoms with E-state index in [1.54, 1.807) is 0 Å². The molecule has 0 aliphatic carbocycles. The molecule has 0 aromatic heterocycles. The van der Waals surface area contributed by atoms with Crippen LogP contribution in [-0.4, -0.2) is 37.0 Å². The number of rotatable bonds is 3. The summed E-state index contributed by atoms with van der Waals surface area (Å²) in [6.45, 7) is 6.02. The molecule has 3 heteroatoms. The second-order valence-electron chi connectivity index (χ2n) is 3.77. The Kier molecular flexibility index (Phi) is 3.09. The maximum Gasteiger partial charge on any atom is 0.223 e. The second kappa shape index (κ2) is 3.90. The van der Waals surface area contributed by atoms with Crippen LogP contribution < -0.4 is 5.32 Å². The number of hydrogen-bond donors (Lipinski definition) is 1. The van der Waals surface area contributed by atoms with Crippen molar-refractivity contribution in [3.05, 3.63) is 0 Å². The summed E-state index contributed by atoms with van der Waals surface area (Å²) in [6.07, 6.45) is 0.721. The topological polar surface area (TPSA) is 32.3 Å². The van der Waals surface area contributed by atoms with Crippen LogP contribution in [0.5, 0.6) is 0 Å². The van der Waals surface area contributed by atoms with Crippen molar-refractivity contribution in [2.75, 3.05) is 20.1 Å². The number of nitrogens with zero attached hydrogens (tertiary/aromatic N) is 1. The molecule has 1 heterocycles. The first-order valence-corrected chi connectivity index (χ1v) is 4.59. The SMILES string of the molecule is CNCC1CC(=O)N(C(C)C)C1. The fourth-order valence-corrected chi connectivity index (χ4v) is 1.73. The van der Waals surface area contributed by atoms with Gasteiger partial charge in [0, 0.05) is 19.0 Å². The first kappa shape index (κ1) is 9.52. The van der Waals surface area contributed by atoms with E-state index < -0.39 is 0 Å². The molecule has 0 radical (unpaired) electrons. The molecule has 1 aliphatic rings. The van der Waals surface area contributed by atoms with E-state index in [-0.39, 0.29) is 0 Å². The first-order valence-electron chi connectivity index (χ1n) is 4.59. The minimum Gasteiger partial charge on any atom is -0.340 e. The van der Waals surface area contributed by atoms with Gasteiger partial charge in [0.1, 0.15) is 0 Å². The molecule has 70 valence electrons. The van der Waals surface area contributed by atoms with Gasteiger partial charge in [0.15, 0.2) is 0 Å². The van der Waals surface area contributed by atoms with Crippen molar-refractivity contribution < 1.29 is 4.79 Å². The predicted octanol–water partition coefficient (Wildman–Crippen LogP) is 0.463. The van der Waals surface area contributed by atoms with Gasteiger partial charge >= 0.3 is 0 Å². The molecular formula is C9H18N2O. The van der Waals surface area contributed by atoms with Crippen LogP contribution in [0.2, 0.25) is 0 Å². The van der Waals surface area contributed by atoms with E-state index >= 15 is 0 Å². The lowest BCUT2D eigenvalue weighted by molar-refractivity contribution is -0.129. The van der Waals surface area contributed by atoms with Crippen molar-refractivity contribution in [3.63, 3.8) is 0 Å². The Morgan fingerprint density at radius 2 is 2.33 bits per heavy atom. The monoisotopic (exact) mass is 170 g/mol. The Labute approximate surface area is 74.1 Å². The Balaban J connectivity index is 2.45. The molecule has 1 rings (SSSR count). The predicted molar refractivity (Wildman–Crippen MR) is 48.9 cm³/mol. The molecule has 0 aromatic carbocycles. The Bertz CT molecular complexity index is 168. The van der Waals surface area contributed by atoms with Crippen molar-refractivity contribution in [2.45, 2.75) is 26.3 Å². The maximum absolute atomic E-state index is 11.4. The van der Waals surface area contributed by atoms with Crippen LogP contribution in [0, 0.1) is 5.92 Å². The van der Waals surface area contributed by atoms with Gasteiger partial charge in [-0.05, 0) is 33.4 Å². The van der Waals surface area contributed by atoms with E-state index in [9.17, 15) is 4.79 Å². The standard InChI is InChI=1S/C9H18N2O/c1-7(2)11-6-8(5-10-3)4-9(11)12/h7-8,10H,4-6H2,1-3H3. The molecule has 1 saturated heterocycles. The van der Waals surface area contributed by atoms with Crippen LogP contribution in [0.3, 0.4) is 0 Å². The summed E-state index contributed by atoms with van der Waals surface area (Å²) in [7, 11) is 1.93. The molecular weight excluding hydrogens is 152 g/mol. The van der Waals surface area contributed by atoms with Gasteiger partial charge in [-0.1, -0.05) is 0 Å². The zero-order valence-corrected chi connectivity index (χ0v) is 8.13. The third kappa shape index (κ3) is 1.97. The average Bonchev–Trinajstić information content (AvgIpc) is 2.32. The molecule has 1 unspecified atom stereocenters. The number of nitrogens with one attached hydrogen (secondary N) is 1. The van der Waals surface area contributed by atoms with Gasteiger partial charge in [-0.3, -0.25) is 4.79 Å². The highest BCUT2D eigenvalue weighted by Gasteiger charge is 2.30. The number of carbonyl (C=O) groups is 1. The average molecular weight is 170 g/mol. The number of carbonyl (C=O) groups excluding carboxylic acids is 1. The summed E-state index contributed by atoms with van der Waals surface area (Å²) in [5.41, 5.74) is 0. The summed E-state index contributed by atoms with van der Waals surface area (Å²) in [4.78, 5) is 13.4. The van der Waals surface area contributed by atoms with Crippen LogP contribution in [0.1, 0.15) is 20.3 Å². The summed E-state index contributed by atoms with van der Waals surface area (Å²) in [5, 5.41) is 3.11. The zero-order valence-electron chi connectivity index (χ0n) is 8.13. The van der Waals surface area contributed by atoms with Crippen molar-refractivity contribution in [1.82, 2.24) is 10.2 Å². The Morgan fingerprint density at radius 1 is 1.67 bits per heavy atom. The van der Waals surface area contributed by atoms with Crippen molar-refractivity contribution in [2.24, 2.45) is 5.92 Å². The van der Waals surface area contributed by atoms with Crippen LogP contribution >= 0.6 is 0 Å². The lowest BCUT2D eigenvalue weighted by Crippen LogP contribution is -2.32. The fourth-order valence-electron chi connectivity index (χ4n) is 1.73. The van der Waals surface area contributed by atoms with Gasteiger partial charge in [0.2, 0.25) is 5.91 Å². The molecule has 1 N–H and O–H groups in total. The number of amides is 1. The first-order chi connectivity index (χ1) is 5.65. The summed E-state index contributed by atoms with van der Waals surface area (Å²) in [6, 6.07) is 0.361. The maximum atomic E-state index is 11.4. The molecule has 12 heavy (non-hydrogen) atoms. The van der Waals surface area contributed by atoms with Crippen molar-refractivity contribution >= 4 is 5.91 Å². The Hall–Kier alpha value is -0.570. The van der Waals surface area contributed by atoms with Gasteiger partial charge in [0.05, 0.1) is 0 Å². The van der Waals surface area contributed by atoms with Crippen LogP contribution in [0.15, 0.2) is 0 Å². The third-order valence-corrected chi connectivity index (χ3v) is 2.35. The van der Waals surface area contributed by atoms with Crippen LogP contribution in [-0.2, 0) is 4.79 Å². The highest BCUT2D eigenvalue weighted by Crippen LogP contribution is 2.18. The van der Waals surface area contributed by atoms with Gasteiger partial charge in [0.25, 0.3) is 0 Å². The van der Waals surface area contributed by atoms with E-state index in [2.05, 4.69) is 19.2 Å². The number of likely N-dealkylation sites (tertiary alicyclic amines) is 1. The number of hydrogen-bond acceptors (Lipinski definition) is 2. The Morgan fingerprint density at radius 3 is 2.75 bits per heavy atom. The van der Waals surface area contributed by atoms with E-state index in [0.717, 1.165) is 19.5 Å². The molecule has 0 spiro atoms. The van der Waals surface area contributed by atoms with Gasteiger partial charge in [-0.15, -0.1) is 0 Å². The van der Waals surface area contributed by atoms with Gasteiger partial charge in [-0.2, -0.15) is 0 Å². The van der Waals surface area contributed by atoms with Crippen LogP contribution in [0.4, 0.5) is 0 Å². The minimum atomic E-state index is 0.310. The molecule has 1 amide bonds. The summed E-state index contributed by atoms with van der Waals surface area (Å²) in [5.74, 6) is 0.829. The minimum absolute atomic E-state index is 0.310. The smallest absolute Gasteiger partial charge is 0.223 e. The van der Waals surface area contributed by atoms with Crippen molar-refractivity contribution in [1.29, 1.82) is 0 Å². The van der Waals surface area contributed by atoms with E-state index in [1.807, 2.05) is 11.9 Å². The largest absolute Gasteiger partial charge is 0.340 e. The highest BCUT2D eigenvalue weighted by molar-refractivity contribution is 5.78. The molecule has 0 bridgehead atoms. The van der Waals surface area contributed by atoms with Gasteiger partial charge < -0.3 is 10.2 Å². The quantitative estimate of drug-likeness (QED) is 0.667. The third-order valence-electron chi connectivity index (χ3n) is 2.35. The molecule has 3 nitrogen and oxygen atoms in total. The summed E-state index contributed by atoms with van der Waals surface area (Å²) < 4.78 is 0. The lowest BCUT2D eigenvalue weighted by Gasteiger charge is -2.20. The van der Waals surface area contributed by atoms with Gasteiger partial charge in [-0.25, -0.2) is 0 Å². The van der Waals surface area contributed by atoms with E-state index in [1.165, 1.54) is 0 Å². The highest BCUT2D eigenvalue weighted by atomic mass is 16.2. The second-order valence-corrected chi connectivity index (χ2v) is 3.77. The molecule has 1 fully saturated rings. The normalized spacial score (nSPS) is 24.2. The molecule has 1 atom stereocenters. The molecule has 1 aliphatic heterocycles. The van der Waals surface area contributed by atoms with E-state index in [4.69, 9.17) is 0 Å². The fraction of sp³-hybridized carbons (Fsp3) is 0.889. The summed E-state index contributed by atoms with van der Waals surface area (Å²) >= 11 is 0. The lowest BCUT2D eigenvalue weighted by atomic mass is 10.1. The molecule has 0 saturated carbocycles.